The minimum Gasteiger partial charge on any atom is -0.392 e. The minimum atomic E-state index is -0.293. The van der Waals surface area contributed by atoms with E-state index in [0.29, 0.717) is 31.2 Å². The lowest BCUT2D eigenvalue weighted by atomic mass is 9.64. The van der Waals surface area contributed by atoms with Crippen molar-refractivity contribution < 1.29 is 9.90 Å². The summed E-state index contributed by atoms with van der Waals surface area (Å²) in [6.07, 6.45) is 2.83. The SMILES string of the molecule is CC(C)C(CCN)CCC(=O)NC1CC(O)C1(C)C. The predicted octanol–water partition coefficient (Wildman–Crippen LogP) is 1.66. The molecule has 1 amide bonds. The molecule has 3 atom stereocenters. The number of amides is 1. The zero-order valence-electron chi connectivity index (χ0n) is 12.8. The highest BCUT2D eigenvalue weighted by molar-refractivity contribution is 5.76. The molecule has 3 unspecified atom stereocenters. The summed E-state index contributed by atoms with van der Waals surface area (Å²) >= 11 is 0. The van der Waals surface area contributed by atoms with Crippen molar-refractivity contribution >= 4 is 5.91 Å². The van der Waals surface area contributed by atoms with Gasteiger partial charge in [-0.3, -0.25) is 4.79 Å². The fourth-order valence-electron chi connectivity index (χ4n) is 2.76. The molecule has 0 heterocycles. The topological polar surface area (TPSA) is 75.4 Å². The lowest BCUT2D eigenvalue weighted by Crippen LogP contribution is -2.61. The second kappa shape index (κ2) is 6.71. The molecule has 4 nitrogen and oxygen atoms in total. The molecule has 1 aliphatic carbocycles. The molecule has 4 heteroatoms. The molecular formula is C15H30N2O2. The number of aliphatic hydroxyl groups excluding tert-OH is 1. The first-order valence-corrected chi connectivity index (χ1v) is 7.46. The van der Waals surface area contributed by atoms with Gasteiger partial charge in [0.2, 0.25) is 5.91 Å². The Labute approximate surface area is 117 Å². The van der Waals surface area contributed by atoms with Gasteiger partial charge in [-0.1, -0.05) is 27.7 Å². The zero-order chi connectivity index (χ0) is 14.6. The Morgan fingerprint density at radius 1 is 1.42 bits per heavy atom. The Hall–Kier alpha value is -0.610. The first-order valence-electron chi connectivity index (χ1n) is 7.46. The zero-order valence-corrected chi connectivity index (χ0v) is 12.8. The summed E-state index contributed by atoms with van der Waals surface area (Å²) in [5.74, 6) is 1.20. The van der Waals surface area contributed by atoms with Crippen LogP contribution in [0.2, 0.25) is 0 Å². The number of aliphatic hydroxyl groups is 1. The van der Waals surface area contributed by atoms with Crippen LogP contribution in [-0.2, 0) is 4.79 Å². The van der Waals surface area contributed by atoms with Crippen molar-refractivity contribution in [1.29, 1.82) is 0 Å². The van der Waals surface area contributed by atoms with E-state index in [1.807, 2.05) is 13.8 Å². The maximum absolute atomic E-state index is 11.9. The van der Waals surface area contributed by atoms with E-state index in [0.717, 1.165) is 12.8 Å². The molecule has 0 bridgehead atoms. The first-order chi connectivity index (χ1) is 8.78. The first kappa shape index (κ1) is 16.4. The third-order valence-electron chi connectivity index (χ3n) is 4.77. The molecule has 1 fully saturated rings. The number of hydrogen-bond donors (Lipinski definition) is 3. The molecular weight excluding hydrogens is 240 g/mol. The van der Waals surface area contributed by atoms with Gasteiger partial charge in [0.05, 0.1) is 6.10 Å². The van der Waals surface area contributed by atoms with Gasteiger partial charge < -0.3 is 16.2 Å². The minimum absolute atomic E-state index is 0.104. The van der Waals surface area contributed by atoms with Gasteiger partial charge in [-0.05, 0) is 37.6 Å². The number of rotatable bonds is 7. The quantitative estimate of drug-likeness (QED) is 0.658. The Kier molecular flexibility index (Phi) is 5.81. The lowest BCUT2D eigenvalue weighted by Gasteiger charge is -2.49. The van der Waals surface area contributed by atoms with Crippen molar-refractivity contribution in [3.05, 3.63) is 0 Å². The molecule has 0 saturated heterocycles. The van der Waals surface area contributed by atoms with Gasteiger partial charge in [-0.25, -0.2) is 0 Å². The number of nitrogens with one attached hydrogen (secondary N) is 1. The molecule has 0 spiro atoms. The van der Waals surface area contributed by atoms with Crippen LogP contribution in [0.3, 0.4) is 0 Å². The van der Waals surface area contributed by atoms with Crippen LogP contribution in [0, 0.1) is 17.3 Å². The van der Waals surface area contributed by atoms with Crippen LogP contribution >= 0.6 is 0 Å². The lowest BCUT2D eigenvalue weighted by molar-refractivity contribution is -0.129. The van der Waals surface area contributed by atoms with Crippen LogP contribution in [0.25, 0.3) is 0 Å². The second-order valence-corrected chi connectivity index (χ2v) is 6.81. The highest BCUT2D eigenvalue weighted by atomic mass is 16.3. The number of carbonyl (C=O) groups is 1. The maximum Gasteiger partial charge on any atom is 0.220 e. The molecule has 1 aliphatic rings. The van der Waals surface area contributed by atoms with E-state index in [1.54, 1.807) is 0 Å². The monoisotopic (exact) mass is 270 g/mol. The van der Waals surface area contributed by atoms with Gasteiger partial charge in [-0.15, -0.1) is 0 Å². The summed E-state index contributed by atoms with van der Waals surface area (Å²) < 4.78 is 0. The van der Waals surface area contributed by atoms with E-state index >= 15 is 0 Å². The molecule has 0 aromatic rings. The van der Waals surface area contributed by atoms with Gasteiger partial charge in [0.25, 0.3) is 0 Å². The van der Waals surface area contributed by atoms with Crippen molar-refractivity contribution in [3.8, 4) is 0 Å². The summed E-state index contributed by atoms with van der Waals surface area (Å²) in [6.45, 7) is 9.05. The van der Waals surface area contributed by atoms with Crippen LogP contribution in [0.15, 0.2) is 0 Å². The largest absolute Gasteiger partial charge is 0.392 e. The Morgan fingerprint density at radius 2 is 2.05 bits per heavy atom. The molecule has 112 valence electrons. The van der Waals surface area contributed by atoms with Crippen molar-refractivity contribution in [2.75, 3.05) is 6.54 Å². The molecule has 0 aromatic carbocycles. The third-order valence-corrected chi connectivity index (χ3v) is 4.77. The number of hydrogen-bond acceptors (Lipinski definition) is 3. The van der Waals surface area contributed by atoms with Crippen molar-refractivity contribution in [2.24, 2.45) is 23.0 Å². The van der Waals surface area contributed by atoms with E-state index in [9.17, 15) is 9.90 Å². The van der Waals surface area contributed by atoms with Gasteiger partial charge in [-0.2, -0.15) is 0 Å². The van der Waals surface area contributed by atoms with Crippen LogP contribution in [-0.4, -0.2) is 29.7 Å². The molecule has 1 rings (SSSR count). The molecule has 19 heavy (non-hydrogen) atoms. The number of nitrogens with two attached hydrogens (primary N) is 1. The summed E-state index contributed by atoms with van der Waals surface area (Å²) in [7, 11) is 0. The Bertz CT molecular complexity index is 303. The third kappa shape index (κ3) is 4.18. The van der Waals surface area contributed by atoms with E-state index in [2.05, 4.69) is 19.2 Å². The summed E-state index contributed by atoms with van der Waals surface area (Å²) in [6, 6.07) is 0.113. The molecule has 0 aromatic heterocycles. The van der Waals surface area contributed by atoms with Crippen LogP contribution < -0.4 is 11.1 Å². The molecule has 4 N–H and O–H groups in total. The highest BCUT2D eigenvalue weighted by Crippen LogP contribution is 2.40. The van der Waals surface area contributed by atoms with E-state index in [1.165, 1.54) is 0 Å². The fraction of sp³-hybridized carbons (Fsp3) is 0.933. The summed E-state index contributed by atoms with van der Waals surface area (Å²) in [4.78, 5) is 11.9. The van der Waals surface area contributed by atoms with E-state index in [4.69, 9.17) is 5.73 Å². The van der Waals surface area contributed by atoms with Crippen LogP contribution in [0.4, 0.5) is 0 Å². The summed E-state index contributed by atoms with van der Waals surface area (Å²) in [5.41, 5.74) is 5.42. The van der Waals surface area contributed by atoms with Crippen molar-refractivity contribution in [3.63, 3.8) is 0 Å². The normalized spacial score (nSPS) is 26.9. The van der Waals surface area contributed by atoms with Gasteiger partial charge in [0.1, 0.15) is 0 Å². The average Bonchev–Trinajstić information content (AvgIpc) is 2.33. The van der Waals surface area contributed by atoms with E-state index < -0.39 is 0 Å². The van der Waals surface area contributed by atoms with Gasteiger partial charge in [0.15, 0.2) is 0 Å². The Balaban J connectivity index is 2.32. The fourth-order valence-corrected chi connectivity index (χ4v) is 2.76. The van der Waals surface area contributed by atoms with Gasteiger partial charge >= 0.3 is 0 Å². The smallest absolute Gasteiger partial charge is 0.220 e. The average molecular weight is 270 g/mol. The van der Waals surface area contributed by atoms with E-state index in [-0.39, 0.29) is 23.5 Å². The molecule has 0 radical (unpaired) electrons. The molecule has 0 aliphatic heterocycles. The Morgan fingerprint density at radius 3 is 2.47 bits per heavy atom. The van der Waals surface area contributed by atoms with Crippen molar-refractivity contribution in [2.45, 2.75) is 65.5 Å². The molecule has 1 saturated carbocycles. The highest BCUT2D eigenvalue weighted by Gasteiger charge is 2.47. The predicted molar refractivity (Wildman–Crippen MR) is 77.6 cm³/mol. The van der Waals surface area contributed by atoms with Gasteiger partial charge in [0, 0.05) is 17.9 Å². The second-order valence-electron chi connectivity index (χ2n) is 6.81. The van der Waals surface area contributed by atoms with Crippen molar-refractivity contribution in [1.82, 2.24) is 5.32 Å². The van der Waals surface area contributed by atoms with Crippen LogP contribution in [0.1, 0.15) is 53.4 Å². The summed E-state index contributed by atoms with van der Waals surface area (Å²) in [5, 5.41) is 12.7. The van der Waals surface area contributed by atoms with Crippen LogP contribution in [0.5, 0.6) is 0 Å². The maximum atomic E-state index is 11.9. The standard InChI is InChI=1S/C15H30N2O2/c1-10(2)11(7-8-16)5-6-14(19)17-12-9-13(18)15(12,3)4/h10-13,18H,5-9,16H2,1-4H3,(H,17,19). The number of carbonyl (C=O) groups excluding carboxylic acids is 1.